The van der Waals surface area contributed by atoms with Crippen LogP contribution < -0.4 is 154 Å². The fourth-order valence-electron chi connectivity index (χ4n) is 2.42. The van der Waals surface area contributed by atoms with E-state index in [0.29, 0.717) is 12.1 Å². The predicted molar refractivity (Wildman–Crippen MR) is 72.8 cm³/mol. The maximum atomic E-state index is 3.89. The van der Waals surface area contributed by atoms with Gasteiger partial charge in [0.15, 0.2) is 5.82 Å². The van der Waals surface area contributed by atoms with Crippen molar-refractivity contribution in [2.45, 2.75) is 37.8 Å². The summed E-state index contributed by atoms with van der Waals surface area (Å²) < 4.78 is 0. The van der Waals surface area contributed by atoms with E-state index < -0.39 is 0 Å². The molecule has 0 bridgehead atoms. The van der Waals surface area contributed by atoms with E-state index >= 15 is 0 Å². The molecular formula is C10H20Cs2N10O2. The molecule has 2 aromatic rings. The molecular weight excluding hydrogens is 558 g/mol. The molecule has 6 N–H and O–H groups in total. The fourth-order valence-corrected chi connectivity index (χ4v) is 2.42. The average molecular weight is 578 g/mol. The Labute approximate surface area is 257 Å². The molecule has 24 heavy (non-hydrogen) atoms. The third kappa shape index (κ3) is 8.85. The van der Waals surface area contributed by atoms with Gasteiger partial charge in [0.2, 0.25) is 0 Å². The van der Waals surface area contributed by atoms with Crippen molar-refractivity contribution in [3.63, 3.8) is 0 Å². The Morgan fingerprint density at radius 3 is 1.96 bits per heavy atom. The first-order chi connectivity index (χ1) is 9.93. The van der Waals surface area contributed by atoms with Crippen molar-refractivity contribution < 1.29 is 149 Å². The van der Waals surface area contributed by atoms with Crippen LogP contribution in [-0.2, 0) is 0 Å². The van der Waals surface area contributed by atoms with E-state index in [9.17, 15) is 0 Å². The zero-order chi connectivity index (χ0) is 13.6. The van der Waals surface area contributed by atoms with Crippen molar-refractivity contribution in [3.05, 3.63) is 11.6 Å². The van der Waals surface area contributed by atoms with Crippen LogP contribution in [0.5, 0.6) is 0 Å². The molecule has 2 aliphatic heterocycles. The van der Waals surface area contributed by atoms with E-state index in [4.69, 9.17) is 0 Å². The Balaban J connectivity index is 0. The zero-order valence-electron chi connectivity index (χ0n) is 14.0. The van der Waals surface area contributed by atoms with Crippen molar-refractivity contribution in [1.29, 1.82) is 0 Å². The van der Waals surface area contributed by atoms with Crippen LogP contribution in [0.1, 0.15) is 49.4 Å². The molecule has 0 amide bonds. The van der Waals surface area contributed by atoms with E-state index in [1.54, 1.807) is 0 Å². The maximum absolute atomic E-state index is 3.89. The molecule has 124 valence electrons. The van der Waals surface area contributed by atoms with Gasteiger partial charge in [-0.2, -0.15) is 5.21 Å². The molecule has 4 heterocycles. The van der Waals surface area contributed by atoms with Gasteiger partial charge in [-0.25, -0.2) is 5.10 Å². The van der Waals surface area contributed by atoms with Gasteiger partial charge in [0.25, 0.3) is 0 Å². The summed E-state index contributed by atoms with van der Waals surface area (Å²) in [6.07, 6.45) is 4.63. The van der Waals surface area contributed by atoms with Crippen LogP contribution in [0.25, 0.3) is 0 Å². The van der Waals surface area contributed by atoms with Gasteiger partial charge in [0, 0.05) is 6.04 Å². The van der Waals surface area contributed by atoms with Gasteiger partial charge in [0.05, 0.1) is 11.9 Å². The minimum Gasteiger partial charge on any atom is -0.870 e. The number of tetrazole rings is 2. The Kier molecular flexibility index (Phi) is 19.0. The third-order valence-corrected chi connectivity index (χ3v) is 3.44. The molecule has 0 saturated carbocycles. The van der Waals surface area contributed by atoms with Crippen molar-refractivity contribution in [2.24, 2.45) is 0 Å². The van der Waals surface area contributed by atoms with Gasteiger partial charge < -0.3 is 26.7 Å². The summed E-state index contributed by atoms with van der Waals surface area (Å²) in [5.41, 5.74) is 0. The Bertz CT molecular complexity index is 441. The molecule has 0 unspecified atom stereocenters. The summed E-state index contributed by atoms with van der Waals surface area (Å²) in [4.78, 5) is 0. The summed E-state index contributed by atoms with van der Waals surface area (Å²) in [5.74, 6) is 1.52. The summed E-state index contributed by atoms with van der Waals surface area (Å²) in [5, 5.41) is 34.6. The van der Waals surface area contributed by atoms with E-state index in [-0.39, 0.29) is 149 Å². The van der Waals surface area contributed by atoms with Crippen molar-refractivity contribution >= 4 is 0 Å². The van der Waals surface area contributed by atoms with Crippen LogP contribution in [0.3, 0.4) is 0 Å². The first kappa shape index (κ1) is 28.3. The van der Waals surface area contributed by atoms with Gasteiger partial charge in [-0.05, 0) is 38.8 Å². The van der Waals surface area contributed by atoms with E-state index in [1.165, 1.54) is 12.8 Å². The third-order valence-electron chi connectivity index (χ3n) is 3.44. The van der Waals surface area contributed by atoms with E-state index in [2.05, 4.69) is 51.9 Å². The summed E-state index contributed by atoms with van der Waals surface area (Å²) in [6.45, 7) is 2.12. The second-order valence-corrected chi connectivity index (χ2v) is 4.80. The number of rotatable bonds is 2. The largest absolute Gasteiger partial charge is 1.00 e. The van der Waals surface area contributed by atoms with Gasteiger partial charge in [-0.1, -0.05) is 5.21 Å². The molecule has 0 spiro atoms. The number of nitrogens with one attached hydrogen (secondary N) is 3. The maximum Gasteiger partial charge on any atom is 1.00 e. The molecule has 2 atom stereocenters. The van der Waals surface area contributed by atoms with Crippen LogP contribution in [0.15, 0.2) is 0 Å². The van der Waals surface area contributed by atoms with Crippen molar-refractivity contribution in [3.8, 4) is 0 Å². The minimum absolute atomic E-state index is 0. The van der Waals surface area contributed by atoms with E-state index in [1.807, 2.05) is 0 Å². The Morgan fingerprint density at radius 1 is 0.917 bits per heavy atom. The van der Waals surface area contributed by atoms with Crippen LogP contribution in [0.4, 0.5) is 0 Å². The number of aromatic nitrogens is 8. The summed E-state index contributed by atoms with van der Waals surface area (Å²) in [7, 11) is 0. The van der Waals surface area contributed by atoms with Crippen LogP contribution in [0, 0.1) is 0 Å². The second kappa shape index (κ2) is 16.1. The number of hydrogen-bond acceptors (Lipinski definition) is 9. The van der Waals surface area contributed by atoms with Gasteiger partial charge in [0.1, 0.15) is 0 Å². The molecule has 0 aliphatic carbocycles. The average Bonchev–Trinajstić information content (AvgIpc) is 3.29. The molecule has 2 saturated heterocycles. The van der Waals surface area contributed by atoms with Crippen LogP contribution >= 0.6 is 0 Å². The smallest absolute Gasteiger partial charge is 0.870 e. The zero-order valence-corrected chi connectivity index (χ0v) is 26.5. The Morgan fingerprint density at radius 2 is 1.54 bits per heavy atom. The first-order valence-electron chi connectivity index (χ1n) is 6.82. The SMILES string of the molecule is C1CN[C@@H](c2nn[n-]n2)C1.C1CN[C@@H](c2nn[nH]n2)C1.O.[Cs+].[Cs+].[OH-]. The molecule has 4 rings (SSSR count). The Hall–Kier alpha value is 2.08. The van der Waals surface area contributed by atoms with Crippen LogP contribution in [-0.4, -0.2) is 60.1 Å². The summed E-state index contributed by atoms with van der Waals surface area (Å²) in [6, 6.07) is 0.633. The van der Waals surface area contributed by atoms with Crippen molar-refractivity contribution in [1.82, 2.24) is 51.9 Å². The fraction of sp³-hybridized carbons (Fsp3) is 0.800. The normalized spacial score (nSPS) is 21.2. The standard InChI is InChI=1S/C5H9N5.C5H8N5.2Cs.2H2O/c2*1-2-4(6-3-1)5-7-9-10-8-5;;;;/h4,6H,1-3H2,(H,7,8,9,10);4,6H,1-3H2;;;2*1H2/q;-1;2*+1;;/p-1/t2*4-;;;;/m11..../s1. The second-order valence-electron chi connectivity index (χ2n) is 4.80. The molecule has 0 aromatic carbocycles. The molecule has 2 aromatic heterocycles. The van der Waals surface area contributed by atoms with Gasteiger partial charge >= 0.3 is 138 Å². The molecule has 12 nitrogen and oxygen atoms in total. The van der Waals surface area contributed by atoms with Crippen molar-refractivity contribution in [2.75, 3.05) is 13.1 Å². The van der Waals surface area contributed by atoms with Crippen LogP contribution in [0.2, 0.25) is 0 Å². The van der Waals surface area contributed by atoms with Gasteiger partial charge in [-0.3, -0.25) is 10.4 Å². The molecule has 2 aliphatic rings. The monoisotopic (exact) mass is 578 g/mol. The molecule has 14 heteroatoms. The topological polar surface area (TPSA) is 193 Å². The first-order valence-corrected chi connectivity index (χ1v) is 6.82. The number of nitrogens with zero attached hydrogens (tertiary/aromatic N) is 7. The predicted octanol–water partition coefficient (Wildman–Crippen LogP) is -8.12. The quantitative estimate of drug-likeness (QED) is 0.308. The molecule has 2 fully saturated rings. The number of aromatic amines is 1. The summed E-state index contributed by atoms with van der Waals surface area (Å²) >= 11 is 0. The van der Waals surface area contributed by atoms with E-state index in [0.717, 1.165) is 37.6 Å². The molecule has 0 radical (unpaired) electrons. The number of hydrogen-bond donors (Lipinski definition) is 3. The minimum atomic E-state index is 0. The number of H-pyrrole nitrogens is 1. The van der Waals surface area contributed by atoms with Gasteiger partial charge in [-0.15, -0.1) is 10.2 Å².